The Labute approximate surface area is 118 Å². The van der Waals surface area contributed by atoms with E-state index in [1.54, 1.807) is 25.3 Å². The zero-order valence-electron chi connectivity index (χ0n) is 12.1. The second kappa shape index (κ2) is 7.19. The Balaban J connectivity index is 3.18. The van der Waals surface area contributed by atoms with Gasteiger partial charge in [0, 0.05) is 11.6 Å². The predicted molar refractivity (Wildman–Crippen MR) is 76.4 cm³/mol. The third kappa shape index (κ3) is 4.02. The molecule has 0 unspecified atom stereocenters. The molecular formula is C15H18N2O3. The number of ether oxygens (including phenoxy) is 2. The molecular weight excluding hydrogens is 256 g/mol. The van der Waals surface area contributed by atoms with Crippen molar-refractivity contribution in [3.8, 4) is 17.6 Å². The fourth-order valence-corrected chi connectivity index (χ4v) is 1.60. The largest absolute Gasteiger partial charge is 0.497 e. The zero-order valence-corrected chi connectivity index (χ0v) is 12.1. The van der Waals surface area contributed by atoms with Crippen molar-refractivity contribution in [2.45, 2.75) is 19.9 Å². The molecule has 0 aliphatic heterocycles. The van der Waals surface area contributed by atoms with Gasteiger partial charge in [-0.1, -0.05) is 0 Å². The first-order valence-corrected chi connectivity index (χ1v) is 6.16. The Morgan fingerprint density at radius 2 is 2.05 bits per heavy atom. The zero-order chi connectivity index (χ0) is 15.1. The highest BCUT2D eigenvalue weighted by Gasteiger charge is 2.12. The van der Waals surface area contributed by atoms with Gasteiger partial charge in [-0.15, -0.1) is 0 Å². The summed E-state index contributed by atoms with van der Waals surface area (Å²) in [6, 6.07) is 7.04. The van der Waals surface area contributed by atoms with Crippen LogP contribution >= 0.6 is 0 Å². The average Bonchev–Trinajstić information content (AvgIpc) is 2.43. The van der Waals surface area contributed by atoms with E-state index in [1.165, 1.54) is 13.2 Å². The van der Waals surface area contributed by atoms with Gasteiger partial charge in [-0.05, 0) is 38.1 Å². The van der Waals surface area contributed by atoms with Gasteiger partial charge >= 0.3 is 0 Å². The molecule has 106 valence electrons. The van der Waals surface area contributed by atoms with Crippen molar-refractivity contribution in [1.82, 2.24) is 5.32 Å². The first-order chi connectivity index (χ1) is 9.51. The summed E-state index contributed by atoms with van der Waals surface area (Å²) in [6.45, 7) is 3.66. The van der Waals surface area contributed by atoms with Crippen LogP contribution in [0.2, 0.25) is 0 Å². The molecule has 5 nitrogen and oxygen atoms in total. The van der Waals surface area contributed by atoms with Crippen molar-refractivity contribution in [2.24, 2.45) is 0 Å². The summed E-state index contributed by atoms with van der Waals surface area (Å²) in [6.07, 6.45) is 1.49. The monoisotopic (exact) mass is 274 g/mol. The highest BCUT2D eigenvalue weighted by Crippen LogP contribution is 2.26. The topological polar surface area (TPSA) is 71.3 Å². The SMILES string of the molecule is COc1ccc(OC)c(/C=C(/C#N)C(=O)NC(C)C)c1. The van der Waals surface area contributed by atoms with E-state index < -0.39 is 5.91 Å². The number of methoxy groups -OCH3 is 2. The van der Waals surface area contributed by atoms with Crippen LogP contribution in [0.4, 0.5) is 0 Å². The molecule has 0 spiro atoms. The molecule has 0 bridgehead atoms. The van der Waals surface area contributed by atoms with Gasteiger partial charge in [0.15, 0.2) is 0 Å². The van der Waals surface area contributed by atoms with Gasteiger partial charge in [-0.3, -0.25) is 4.79 Å². The Bertz CT molecular complexity index is 557. The quantitative estimate of drug-likeness (QED) is 0.659. The fraction of sp³-hybridized carbons (Fsp3) is 0.333. The first kappa shape index (κ1) is 15.6. The molecule has 0 heterocycles. The molecule has 5 heteroatoms. The number of nitriles is 1. The molecule has 1 N–H and O–H groups in total. The van der Waals surface area contributed by atoms with Crippen molar-refractivity contribution < 1.29 is 14.3 Å². The van der Waals surface area contributed by atoms with E-state index >= 15 is 0 Å². The number of amides is 1. The normalized spacial score (nSPS) is 10.9. The predicted octanol–water partition coefficient (Wildman–Crippen LogP) is 2.14. The lowest BCUT2D eigenvalue weighted by molar-refractivity contribution is -0.117. The van der Waals surface area contributed by atoms with Gasteiger partial charge in [0.2, 0.25) is 0 Å². The van der Waals surface area contributed by atoms with Gasteiger partial charge in [-0.2, -0.15) is 5.26 Å². The van der Waals surface area contributed by atoms with E-state index in [0.29, 0.717) is 17.1 Å². The Hall–Kier alpha value is -2.48. The van der Waals surface area contributed by atoms with Gasteiger partial charge in [0.25, 0.3) is 5.91 Å². The third-order valence-corrected chi connectivity index (χ3v) is 2.52. The second-order valence-corrected chi connectivity index (χ2v) is 4.41. The molecule has 1 amide bonds. The minimum absolute atomic E-state index is 0.0188. The van der Waals surface area contributed by atoms with E-state index in [-0.39, 0.29) is 11.6 Å². The lowest BCUT2D eigenvalue weighted by Gasteiger charge is -2.09. The van der Waals surface area contributed by atoms with Crippen LogP contribution in [0.15, 0.2) is 23.8 Å². The summed E-state index contributed by atoms with van der Waals surface area (Å²) < 4.78 is 10.3. The highest BCUT2D eigenvalue weighted by atomic mass is 16.5. The second-order valence-electron chi connectivity index (χ2n) is 4.41. The van der Waals surface area contributed by atoms with Crippen LogP contribution in [-0.4, -0.2) is 26.2 Å². The van der Waals surface area contributed by atoms with Crippen LogP contribution < -0.4 is 14.8 Å². The molecule has 0 radical (unpaired) electrons. The minimum Gasteiger partial charge on any atom is -0.497 e. The number of hydrogen-bond acceptors (Lipinski definition) is 4. The van der Waals surface area contributed by atoms with E-state index in [1.807, 2.05) is 19.9 Å². The molecule has 0 aromatic heterocycles. The van der Waals surface area contributed by atoms with Crippen LogP contribution in [0.25, 0.3) is 6.08 Å². The summed E-state index contributed by atoms with van der Waals surface area (Å²) in [5, 5.41) is 11.8. The molecule has 0 aliphatic carbocycles. The molecule has 1 aromatic rings. The highest BCUT2D eigenvalue weighted by molar-refractivity contribution is 6.02. The average molecular weight is 274 g/mol. The van der Waals surface area contributed by atoms with E-state index in [9.17, 15) is 4.79 Å². The van der Waals surface area contributed by atoms with Gasteiger partial charge in [-0.25, -0.2) is 0 Å². The van der Waals surface area contributed by atoms with Crippen LogP contribution in [0.3, 0.4) is 0 Å². The number of carbonyl (C=O) groups is 1. The van der Waals surface area contributed by atoms with Crippen molar-refractivity contribution >= 4 is 12.0 Å². The Morgan fingerprint density at radius 3 is 2.55 bits per heavy atom. The molecule has 0 atom stereocenters. The van der Waals surface area contributed by atoms with Crippen molar-refractivity contribution in [3.63, 3.8) is 0 Å². The van der Waals surface area contributed by atoms with Crippen molar-refractivity contribution in [1.29, 1.82) is 5.26 Å². The molecule has 0 aliphatic rings. The Morgan fingerprint density at radius 1 is 1.35 bits per heavy atom. The molecule has 1 rings (SSSR count). The Kier molecular flexibility index (Phi) is 5.60. The number of rotatable bonds is 5. The van der Waals surface area contributed by atoms with Crippen LogP contribution in [0, 0.1) is 11.3 Å². The van der Waals surface area contributed by atoms with Gasteiger partial charge in [0.05, 0.1) is 14.2 Å². The maximum atomic E-state index is 11.9. The lowest BCUT2D eigenvalue weighted by Crippen LogP contribution is -2.30. The van der Waals surface area contributed by atoms with Crippen molar-refractivity contribution in [2.75, 3.05) is 14.2 Å². The van der Waals surface area contributed by atoms with E-state index in [2.05, 4.69) is 5.32 Å². The number of benzene rings is 1. The maximum absolute atomic E-state index is 11.9. The molecule has 1 aromatic carbocycles. The number of carbonyl (C=O) groups excluding carboxylic acids is 1. The standard InChI is InChI=1S/C15H18N2O3/c1-10(2)17-15(18)12(9-16)7-11-8-13(19-3)5-6-14(11)20-4/h5-8,10H,1-4H3,(H,17,18)/b12-7-. The molecule has 20 heavy (non-hydrogen) atoms. The summed E-state index contributed by atoms with van der Waals surface area (Å²) in [5.74, 6) is 0.780. The number of nitrogens with zero attached hydrogens (tertiary/aromatic N) is 1. The van der Waals surface area contributed by atoms with E-state index in [4.69, 9.17) is 14.7 Å². The van der Waals surface area contributed by atoms with E-state index in [0.717, 1.165) is 0 Å². The summed E-state index contributed by atoms with van der Waals surface area (Å²) in [7, 11) is 3.07. The van der Waals surface area contributed by atoms with Crippen LogP contribution in [0.5, 0.6) is 11.5 Å². The molecule has 0 fully saturated rings. The van der Waals surface area contributed by atoms with Crippen LogP contribution in [0.1, 0.15) is 19.4 Å². The van der Waals surface area contributed by atoms with Crippen molar-refractivity contribution in [3.05, 3.63) is 29.3 Å². The first-order valence-electron chi connectivity index (χ1n) is 6.16. The van der Waals surface area contributed by atoms with Crippen LogP contribution in [-0.2, 0) is 4.79 Å². The lowest BCUT2D eigenvalue weighted by atomic mass is 10.1. The maximum Gasteiger partial charge on any atom is 0.262 e. The smallest absolute Gasteiger partial charge is 0.262 e. The third-order valence-electron chi connectivity index (χ3n) is 2.52. The summed E-state index contributed by atoms with van der Waals surface area (Å²) >= 11 is 0. The molecule has 0 saturated carbocycles. The number of hydrogen-bond donors (Lipinski definition) is 1. The molecule has 0 saturated heterocycles. The number of nitrogens with one attached hydrogen (secondary N) is 1. The minimum atomic E-state index is -0.410. The summed E-state index contributed by atoms with van der Waals surface area (Å²) in [4.78, 5) is 11.9. The summed E-state index contributed by atoms with van der Waals surface area (Å²) in [5.41, 5.74) is 0.632. The van der Waals surface area contributed by atoms with Gasteiger partial charge in [0.1, 0.15) is 23.1 Å². The van der Waals surface area contributed by atoms with Gasteiger partial charge < -0.3 is 14.8 Å². The fourth-order valence-electron chi connectivity index (χ4n) is 1.60.